The second-order valence-electron chi connectivity index (χ2n) is 3.33. The number of hydrogen-bond donors (Lipinski definition) is 2. The van der Waals surface area contributed by atoms with Gasteiger partial charge in [-0.25, -0.2) is 17.9 Å². The van der Waals surface area contributed by atoms with Crippen LogP contribution >= 0.6 is 15.9 Å². The minimum Gasteiger partial charge on any atom is -0.378 e. The molecule has 0 aliphatic carbocycles. The minimum absolute atomic E-state index is 0.0498. The number of benzene rings is 1. The molecular formula is C8H9BrFN3O4S. The number of halogens is 2. The van der Waals surface area contributed by atoms with Gasteiger partial charge in [0.25, 0.3) is 5.69 Å². The van der Waals surface area contributed by atoms with Crippen molar-refractivity contribution < 1.29 is 17.7 Å². The summed E-state index contributed by atoms with van der Waals surface area (Å²) < 4.78 is 34.5. The molecule has 1 aromatic rings. The number of nitro benzene ring substituents is 1. The molecule has 7 nitrogen and oxygen atoms in total. The first-order chi connectivity index (χ1) is 8.20. The van der Waals surface area contributed by atoms with Crippen molar-refractivity contribution in [1.29, 1.82) is 0 Å². The van der Waals surface area contributed by atoms with Crippen molar-refractivity contribution in [1.82, 2.24) is 0 Å². The van der Waals surface area contributed by atoms with Crippen molar-refractivity contribution in [2.75, 3.05) is 17.6 Å². The lowest BCUT2D eigenvalue weighted by molar-refractivity contribution is -0.384. The summed E-state index contributed by atoms with van der Waals surface area (Å²) in [5.74, 6) is -1.11. The number of hydrogen-bond acceptors (Lipinski definition) is 5. The maximum atomic E-state index is 13.2. The molecule has 1 aromatic carbocycles. The van der Waals surface area contributed by atoms with E-state index < -0.39 is 26.5 Å². The molecule has 0 aliphatic heterocycles. The smallest absolute Gasteiger partial charge is 0.293 e. The van der Waals surface area contributed by atoms with Gasteiger partial charge in [0.2, 0.25) is 10.0 Å². The molecular weight excluding hydrogens is 333 g/mol. The van der Waals surface area contributed by atoms with E-state index in [-0.39, 0.29) is 22.4 Å². The summed E-state index contributed by atoms with van der Waals surface area (Å²) in [6.45, 7) is -0.152. The van der Waals surface area contributed by atoms with Crippen molar-refractivity contribution in [2.45, 2.75) is 0 Å². The molecule has 1 rings (SSSR count). The van der Waals surface area contributed by atoms with E-state index in [2.05, 4.69) is 21.2 Å². The van der Waals surface area contributed by atoms with Gasteiger partial charge < -0.3 is 5.32 Å². The number of rotatable bonds is 5. The van der Waals surface area contributed by atoms with Gasteiger partial charge in [0, 0.05) is 18.7 Å². The second-order valence-corrected chi connectivity index (χ2v) is 5.92. The molecule has 0 atom stereocenters. The molecule has 0 bridgehead atoms. The highest BCUT2D eigenvalue weighted by molar-refractivity contribution is 9.10. The predicted molar refractivity (Wildman–Crippen MR) is 67.2 cm³/mol. The molecule has 3 N–H and O–H groups in total. The monoisotopic (exact) mass is 341 g/mol. The van der Waals surface area contributed by atoms with Crippen LogP contribution in [0.3, 0.4) is 0 Å². The van der Waals surface area contributed by atoms with Crippen LogP contribution in [0.1, 0.15) is 0 Å². The Morgan fingerprint density at radius 3 is 2.61 bits per heavy atom. The summed E-state index contributed by atoms with van der Waals surface area (Å²) in [6, 6.07) is 1.90. The quantitative estimate of drug-likeness (QED) is 0.616. The van der Waals surface area contributed by atoms with Gasteiger partial charge in [0.05, 0.1) is 15.1 Å². The third-order valence-electron chi connectivity index (χ3n) is 1.94. The van der Waals surface area contributed by atoms with Crippen molar-refractivity contribution in [3.63, 3.8) is 0 Å². The van der Waals surface area contributed by atoms with Gasteiger partial charge in [0.1, 0.15) is 11.5 Å². The summed E-state index contributed by atoms with van der Waals surface area (Å²) in [7, 11) is -3.68. The fraction of sp³-hybridized carbons (Fsp3) is 0.250. The van der Waals surface area contributed by atoms with E-state index in [9.17, 15) is 22.9 Å². The third-order valence-corrected chi connectivity index (χ3v) is 3.32. The van der Waals surface area contributed by atoms with E-state index in [0.717, 1.165) is 12.1 Å². The third kappa shape index (κ3) is 4.20. The van der Waals surface area contributed by atoms with Gasteiger partial charge in [-0.05, 0) is 15.9 Å². The SMILES string of the molecule is NS(=O)(=O)CCNc1cc(F)c(Br)cc1[N+](=O)[O-]. The summed E-state index contributed by atoms with van der Waals surface area (Å²) in [4.78, 5) is 10.0. The first-order valence-corrected chi connectivity index (χ1v) is 7.09. The topological polar surface area (TPSA) is 115 Å². The first kappa shape index (κ1) is 14.8. The molecule has 100 valence electrons. The van der Waals surface area contributed by atoms with Gasteiger partial charge in [-0.1, -0.05) is 0 Å². The van der Waals surface area contributed by atoms with Crippen molar-refractivity contribution >= 4 is 37.3 Å². The van der Waals surface area contributed by atoms with Gasteiger partial charge in [-0.2, -0.15) is 0 Å². The fourth-order valence-electron chi connectivity index (χ4n) is 1.16. The molecule has 0 saturated heterocycles. The molecule has 0 aromatic heterocycles. The molecule has 0 radical (unpaired) electrons. The van der Waals surface area contributed by atoms with Crippen LogP contribution in [-0.4, -0.2) is 25.6 Å². The van der Waals surface area contributed by atoms with E-state index in [1.54, 1.807) is 0 Å². The summed E-state index contributed by atoms with van der Waals surface area (Å²) >= 11 is 2.83. The highest BCUT2D eigenvalue weighted by Crippen LogP contribution is 2.30. The van der Waals surface area contributed by atoms with E-state index in [1.807, 2.05) is 0 Å². The number of primary sulfonamides is 1. The average molecular weight is 342 g/mol. The molecule has 0 amide bonds. The Morgan fingerprint density at radius 2 is 2.11 bits per heavy atom. The Labute approximate surface area is 110 Å². The Bertz CT molecular complexity index is 578. The summed E-state index contributed by atoms with van der Waals surface area (Å²) in [5.41, 5.74) is -0.470. The normalized spacial score (nSPS) is 11.3. The van der Waals surface area contributed by atoms with Gasteiger partial charge in [-0.15, -0.1) is 0 Å². The number of sulfonamides is 1. The molecule has 0 aliphatic rings. The second kappa shape index (κ2) is 5.59. The standard InChI is InChI=1S/C8H9BrFN3O4S/c9-5-3-8(13(14)15)7(4-6(5)10)12-1-2-18(11,16)17/h3-4,12H,1-2H2,(H2,11,16,17). The van der Waals surface area contributed by atoms with Crippen LogP contribution in [0.5, 0.6) is 0 Å². The Balaban J connectivity index is 2.94. The van der Waals surface area contributed by atoms with Gasteiger partial charge in [-0.3, -0.25) is 10.1 Å². The van der Waals surface area contributed by atoms with Crippen LogP contribution in [-0.2, 0) is 10.0 Å². The largest absolute Gasteiger partial charge is 0.378 e. The summed E-state index contributed by atoms with van der Waals surface area (Å²) in [6.07, 6.45) is 0. The van der Waals surface area contributed by atoms with Crippen LogP contribution in [0.25, 0.3) is 0 Å². The van der Waals surface area contributed by atoms with Crippen LogP contribution in [0, 0.1) is 15.9 Å². The van der Waals surface area contributed by atoms with Crippen LogP contribution in [0.4, 0.5) is 15.8 Å². The highest BCUT2D eigenvalue weighted by Gasteiger charge is 2.17. The van der Waals surface area contributed by atoms with Crippen molar-refractivity contribution in [3.05, 3.63) is 32.5 Å². The molecule has 0 saturated carbocycles. The van der Waals surface area contributed by atoms with Gasteiger partial charge in [0.15, 0.2) is 0 Å². The number of anilines is 1. The lowest BCUT2D eigenvalue weighted by atomic mass is 10.2. The van der Waals surface area contributed by atoms with Crippen molar-refractivity contribution in [2.24, 2.45) is 5.14 Å². The Kier molecular flexibility index (Phi) is 4.59. The molecule has 0 unspecified atom stereocenters. The van der Waals surface area contributed by atoms with Crippen LogP contribution in [0.15, 0.2) is 16.6 Å². The minimum atomic E-state index is -3.68. The maximum absolute atomic E-state index is 13.2. The van der Waals surface area contributed by atoms with E-state index in [1.165, 1.54) is 0 Å². The maximum Gasteiger partial charge on any atom is 0.293 e. The van der Waals surface area contributed by atoms with Crippen molar-refractivity contribution in [3.8, 4) is 0 Å². The van der Waals surface area contributed by atoms with E-state index >= 15 is 0 Å². The lowest BCUT2D eigenvalue weighted by Gasteiger charge is -2.07. The molecule has 18 heavy (non-hydrogen) atoms. The zero-order chi connectivity index (χ0) is 13.9. The zero-order valence-electron chi connectivity index (χ0n) is 8.89. The molecule has 0 fully saturated rings. The zero-order valence-corrected chi connectivity index (χ0v) is 11.3. The van der Waals surface area contributed by atoms with Crippen LogP contribution in [0.2, 0.25) is 0 Å². The van der Waals surface area contributed by atoms with Crippen LogP contribution < -0.4 is 10.5 Å². The lowest BCUT2D eigenvalue weighted by Crippen LogP contribution is -2.22. The predicted octanol–water partition coefficient (Wildman–Crippen LogP) is 1.20. The molecule has 0 spiro atoms. The number of nitrogens with zero attached hydrogens (tertiary/aromatic N) is 1. The summed E-state index contributed by atoms with van der Waals surface area (Å²) in [5, 5.41) is 18.0. The number of nitrogens with two attached hydrogens (primary N) is 1. The molecule has 0 heterocycles. The van der Waals surface area contributed by atoms with E-state index in [0.29, 0.717) is 0 Å². The average Bonchev–Trinajstić information content (AvgIpc) is 2.20. The number of nitrogens with one attached hydrogen (secondary N) is 1. The van der Waals surface area contributed by atoms with Gasteiger partial charge >= 0.3 is 0 Å². The first-order valence-electron chi connectivity index (χ1n) is 4.58. The highest BCUT2D eigenvalue weighted by atomic mass is 79.9. The Morgan fingerprint density at radius 1 is 1.50 bits per heavy atom. The molecule has 10 heteroatoms. The Hall–Kier alpha value is -1.26. The van der Waals surface area contributed by atoms with E-state index in [4.69, 9.17) is 5.14 Å². The fourth-order valence-corrected chi connectivity index (χ4v) is 1.87. The number of nitro groups is 1.